The van der Waals surface area contributed by atoms with Crippen LogP contribution >= 0.6 is 11.6 Å². The summed E-state index contributed by atoms with van der Waals surface area (Å²) in [5.41, 5.74) is 7.53. The van der Waals surface area contributed by atoms with E-state index in [0.29, 0.717) is 11.5 Å². The Kier molecular flexibility index (Phi) is 3.82. The number of nitrogens with one attached hydrogen (secondary N) is 2. The molecule has 0 atom stereocenters. The van der Waals surface area contributed by atoms with E-state index in [4.69, 9.17) is 17.3 Å². The van der Waals surface area contributed by atoms with Crippen molar-refractivity contribution in [2.75, 3.05) is 16.4 Å². The van der Waals surface area contributed by atoms with Crippen LogP contribution in [0.1, 0.15) is 6.92 Å². The van der Waals surface area contributed by atoms with Crippen molar-refractivity contribution < 1.29 is 4.79 Å². The van der Waals surface area contributed by atoms with Crippen molar-refractivity contribution in [3.8, 4) is 0 Å². The molecule has 6 nitrogen and oxygen atoms in total. The monoisotopic (exact) mass is 277 g/mol. The first kappa shape index (κ1) is 13.1. The van der Waals surface area contributed by atoms with Crippen LogP contribution in [0, 0.1) is 0 Å². The number of hydrogen-bond acceptors (Lipinski definition) is 5. The first-order valence-electron chi connectivity index (χ1n) is 5.47. The van der Waals surface area contributed by atoms with E-state index in [0.717, 1.165) is 5.69 Å². The first-order chi connectivity index (χ1) is 9.06. The molecule has 1 aromatic heterocycles. The minimum Gasteiger partial charge on any atom is -0.393 e. The Bertz CT molecular complexity index is 600. The Labute approximate surface area is 115 Å². The van der Waals surface area contributed by atoms with Crippen LogP contribution in [0.5, 0.6) is 0 Å². The number of amides is 1. The largest absolute Gasteiger partial charge is 0.393 e. The summed E-state index contributed by atoms with van der Waals surface area (Å²) in [6.07, 6.45) is 1.33. The van der Waals surface area contributed by atoms with E-state index in [9.17, 15) is 4.79 Å². The van der Waals surface area contributed by atoms with Crippen LogP contribution in [0.25, 0.3) is 0 Å². The van der Waals surface area contributed by atoms with E-state index in [2.05, 4.69) is 20.6 Å². The van der Waals surface area contributed by atoms with Gasteiger partial charge in [-0.05, 0) is 24.3 Å². The summed E-state index contributed by atoms with van der Waals surface area (Å²) >= 11 is 5.80. The zero-order valence-corrected chi connectivity index (χ0v) is 10.9. The number of nitrogens with zero attached hydrogens (tertiary/aromatic N) is 2. The van der Waals surface area contributed by atoms with Crippen LogP contribution in [0.2, 0.25) is 5.15 Å². The zero-order chi connectivity index (χ0) is 13.8. The van der Waals surface area contributed by atoms with Gasteiger partial charge in [-0.3, -0.25) is 4.79 Å². The van der Waals surface area contributed by atoms with Gasteiger partial charge < -0.3 is 16.4 Å². The molecular weight excluding hydrogens is 266 g/mol. The Morgan fingerprint density at radius 2 is 1.84 bits per heavy atom. The van der Waals surface area contributed by atoms with Gasteiger partial charge in [0.05, 0.1) is 0 Å². The minimum atomic E-state index is -0.118. The lowest BCUT2D eigenvalue weighted by Gasteiger charge is -2.09. The second kappa shape index (κ2) is 5.53. The number of nitrogens with two attached hydrogens (primary N) is 1. The second-order valence-electron chi connectivity index (χ2n) is 3.81. The quantitative estimate of drug-likeness (QED) is 0.749. The number of benzene rings is 1. The maximum atomic E-state index is 10.9. The van der Waals surface area contributed by atoms with Crippen molar-refractivity contribution in [1.82, 2.24) is 9.97 Å². The van der Waals surface area contributed by atoms with Gasteiger partial charge in [0.25, 0.3) is 0 Å². The van der Waals surface area contributed by atoms with Gasteiger partial charge in [-0.15, -0.1) is 0 Å². The molecule has 7 heteroatoms. The van der Waals surface area contributed by atoms with Crippen molar-refractivity contribution in [1.29, 1.82) is 0 Å². The van der Waals surface area contributed by atoms with Gasteiger partial charge in [-0.2, -0.15) is 0 Å². The highest BCUT2D eigenvalue weighted by molar-refractivity contribution is 6.32. The van der Waals surface area contributed by atoms with Crippen LogP contribution < -0.4 is 16.4 Å². The van der Waals surface area contributed by atoms with Gasteiger partial charge in [-0.25, -0.2) is 9.97 Å². The highest BCUT2D eigenvalue weighted by atomic mass is 35.5. The number of anilines is 4. The molecule has 0 aliphatic heterocycles. The topological polar surface area (TPSA) is 92.9 Å². The van der Waals surface area contributed by atoms with Gasteiger partial charge in [0.15, 0.2) is 11.0 Å². The number of carbonyl (C=O) groups is 1. The molecule has 0 unspecified atom stereocenters. The molecule has 98 valence electrons. The van der Waals surface area contributed by atoms with Crippen molar-refractivity contribution in [3.05, 3.63) is 35.7 Å². The van der Waals surface area contributed by atoms with E-state index >= 15 is 0 Å². The molecule has 0 bridgehead atoms. The lowest BCUT2D eigenvalue weighted by molar-refractivity contribution is -0.114. The fourth-order valence-electron chi connectivity index (χ4n) is 1.45. The lowest BCUT2D eigenvalue weighted by atomic mass is 10.2. The highest BCUT2D eigenvalue weighted by Crippen LogP contribution is 2.25. The number of carbonyl (C=O) groups excluding carboxylic acids is 1. The Morgan fingerprint density at radius 3 is 2.47 bits per heavy atom. The SMILES string of the molecule is CC(=O)Nc1ccc(Nc2ncnc(Cl)c2N)cc1. The summed E-state index contributed by atoms with van der Waals surface area (Å²) in [7, 11) is 0. The molecule has 2 rings (SSSR count). The van der Waals surface area contributed by atoms with Gasteiger partial charge in [-0.1, -0.05) is 11.6 Å². The van der Waals surface area contributed by atoms with Crippen LogP contribution in [0.4, 0.5) is 22.9 Å². The molecule has 0 radical (unpaired) electrons. The molecule has 0 fully saturated rings. The number of rotatable bonds is 3. The summed E-state index contributed by atoms with van der Waals surface area (Å²) in [6, 6.07) is 7.12. The predicted molar refractivity (Wildman–Crippen MR) is 75.5 cm³/mol. The molecule has 1 aromatic carbocycles. The second-order valence-corrected chi connectivity index (χ2v) is 4.17. The molecule has 0 saturated heterocycles. The van der Waals surface area contributed by atoms with Crippen molar-refractivity contribution in [2.24, 2.45) is 0 Å². The molecule has 0 saturated carbocycles. The van der Waals surface area contributed by atoms with E-state index in [1.165, 1.54) is 13.3 Å². The van der Waals surface area contributed by atoms with Gasteiger partial charge in [0.1, 0.15) is 12.0 Å². The van der Waals surface area contributed by atoms with Crippen LogP contribution in [-0.4, -0.2) is 15.9 Å². The number of hydrogen-bond donors (Lipinski definition) is 3. The van der Waals surface area contributed by atoms with E-state index in [1.54, 1.807) is 24.3 Å². The third-order valence-corrected chi connectivity index (χ3v) is 2.60. The molecule has 0 spiro atoms. The van der Waals surface area contributed by atoms with Gasteiger partial charge in [0.2, 0.25) is 5.91 Å². The Hall–Kier alpha value is -2.34. The van der Waals surface area contributed by atoms with Crippen LogP contribution in [0.15, 0.2) is 30.6 Å². The minimum absolute atomic E-state index is 0.118. The summed E-state index contributed by atoms with van der Waals surface area (Å²) in [5.74, 6) is 0.319. The molecule has 1 heterocycles. The average Bonchev–Trinajstić information content (AvgIpc) is 2.37. The maximum absolute atomic E-state index is 10.9. The smallest absolute Gasteiger partial charge is 0.221 e. The normalized spacial score (nSPS) is 10.0. The fraction of sp³-hybridized carbons (Fsp3) is 0.0833. The van der Waals surface area contributed by atoms with Crippen LogP contribution in [0.3, 0.4) is 0 Å². The summed E-state index contributed by atoms with van der Waals surface area (Å²) in [6.45, 7) is 1.45. The molecule has 0 aliphatic carbocycles. The summed E-state index contributed by atoms with van der Waals surface area (Å²) in [5, 5.41) is 5.90. The fourth-order valence-corrected chi connectivity index (χ4v) is 1.58. The van der Waals surface area contributed by atoms with E-state index in [-0.39, 0.29) is 16.7 Å². The highest BCUT2D eigenvalue weighted by Gasteiger charge is 2.06. The standard InChI is InChI=1S/C12H12ClN5O/c1-7(19)17-8-2-4-9(5-3-8)18-12-10(14)11(13)15-6-16-12/h2-6H,14H2,1H3,(H,17,19)(H,15,16,18). The zero-order valence-electron chi connectivity index (χ0n) is 10.1. The third kappa shape index (κ3) is 3.32. The number of nitrogen functional groups attached to an aromatic ring is 1. The van der Waals surface area contributed by atoms with Crippen molar-refractivity contribution in [2.45, 2.75) is 6.92 Å². The molecule has 0 aliphatic rings. The molecular formula is C12H12ClN5O. The predicted octanol–water partition coefficient (Wildman–Crippen LogP) is 2.41. The average molecular weight is 278 g/mol. The molecule has 1 amide bonds. The van der Waals surface area contributed by atoms with E-state index in [1.807, 2.05) is 0 Å². The van der Waals surface area contributed by atoms with Crippen LogP contribution in [-0.2, 0) is 4.79 Å². The van der Waals surface area contributed by atoms with Gasteiger partial charge >= 0.3 is 0 Å². The first-order valence-corrected chi connectivity index (χ1v) is 5.84. The molecule has 19 heavy (non-hydrogen) atoms. The van der Waals surface area contributed by atoms with Crippen molar-refractivity contribution in [3.63, 3.8) is 0 Å². The Morgan fingerprint density at radius 1 is 1.21 bits per heavy atom. The van der Waals surface area contributed by atoms with E-state index < -0.39 is 0 Å². The lowest BCUT2D eigenvalue weighted by Crippen LogP contribution is -2.05. The Balaban J connectivity index is 2.15. The molecule has 4 N–H and O–H groups in total. The van der Waals surface area contributed by atoms with Gasteiger partial charge in [0, 0.05) is 18.3 Å². The summed E-state index contributed by atoms with van der Waals surface area (Å²) in [4.78, 5) is 18.7. The molecule has 2 aromatic rings. The number of aromatic nitrogens is 2. The third-order valence-electron chi connectivity index (χ3n) is 2.30. The maximum Gasteiger partial charge on any atom is 0.221 e. The van der Waals surface area contributed by atoms with Crippen molar-refractivity contribution >= 4 is 40.4 Å². The number of halogens is 1. The summed E-state index contributed by atoms with van der Waals surface area (Å²) < 4.78 is 0.